The summed E-state index contributed by atoms with van der Waals surface area (Å²) in [5, 5.41) is 3.27. The minimum atomic E-state index is 0.710. The van der Waals surface area contributed by atoms with Gasteiger partial charge >= 0.3 is 0 Å². The first-order chi connectivity index (χ1) is 7.79. The van der Waals surface area contributed by atoms with Crippen molar-refractivity contribution in [3.8, 4) is 0 Å². The normalized spacial score (nSPS) is 21.8. The van der Waals surface area contributed by atoms with E-state index in [0.29, 0.717) is 6.04 Å². The molecule has 1 fully saturated rings. The summed E-state index contributed by atoms with van der Waals surface area (Å²) in [4.78, 5) is 2.50. The Bertz CT molecular complexity index is 321. The van der Waals surface area contributed by atoms with Gasteiger partial charge in [0.15, 0.2) is 0 Å². The number of nitrogens with zero attached hydrogens (tertiary/aromatic N) is 1. The zero-order valence-electron chi connectivity index (χ0n) is 10.3. The van der Waals surface area contributed by atoms with E-state index < -0.39 is 0 Å². The van der Waals surface area contributed by atoms with E-state index in [-0.39, 0.29) is 0 Å². The van der Waals surface area contributed by atoms with Crippen LogP contribution in [0.3, 0.4) is 0 Å². The Morgan fingerprint density at radius 1 is 1.44 bits per heavy atom. The molecule has 0 radical (unpaired) electrons. The quantitative estimate of drug-likeness (QED) is 0.829. The fourth-order valence-corrected chi connectivity index (χ4v) is 2.28. The van der Waals surface area contributed by atoms with Crippen LogP contribution in [0.25, 0.3) is 0 Å². The standard InChI is InChI=1S/C13H22N2O/c1-3-14-9-12-6-7-13(16-12)10-15-8-4-5-11(15)2/h6-7,11,14H,3-5,8-10H2,1-2H3. The van der Waals surface area contributed by atoms with Crippen molar-refractivity contribution >= 4 is 0 Å². The van der Waals surface area contributed by atoms with Gasteiger partial charge in [0.05, 0.1) is 13.1 Å². The molecule has 3 nitrogen and oxygen atoms in total. The lowest BCUT2D eigenvalue weighted by molar-refractivity contribution is 0.236. The molecule has 16 heavy (non-hydrogen) atoms. The van der Waals surface area contributed by atoms with E-state index in [1.54, 1.807) is 0 Å². The second kappa shape index (κ2) is 5.51. The summed E-state index contributed by atoms with van der Waals surface area (Å²) >= 11 is 0. The van der Waals surface area contributed by atoms with Crippen molar-refractivity contribution in [2.24, 2.45) is 0 Å². The van der Waals surface area contributed by atoms with E-state index >= 15 is 0 Å². The third-order valence-corrected chi connectivity index (χ3v) is 3.32. The van der Waals surface area contributed by atoms with Gasteiger partial charge < -0.3 is 9.73 Å². The van der Waals surface area contributed by atoms with Crippen molar-refractivity contribution in [2.45, 2.75) is 45.8 Å². The number of furan rings is 1. The summed E-state index contributed by atoms with van der Waals surface area (Å²) < 4.78 is 5.79. The fraction of sp³-hybridized carbons (Fsp3) is 0.692. The molecular weight excluding hydrogens is 200 g/mol. The van der Waals surface area contributed by atoms with Crippen LogP contribution in [0.4, 0.5) is 0 Å². The van der Waals surface area contributed by atoms with Crippen LogP contribution in [-0.2, 0) is 13.1 Å². The number of hydrogen-bond donors (Lipinski definition) is 1. The third kappa shape index (κ3) is 2.86. The van der Waals surface area contributed by atoms with Crippen molar-refractivity contribution in [1.29, 1.82) is 0 Å². The molecular formula is C13H22N2O. The summed E-state index contributed by atoms with van der Waals surface area (Å²) in [6, 6.07) is 4.90. The Labute approximate surface area is 97.8 Å². The molecule has 90 valence electrons. The lowest BCUT2D eigenvalue weighted by Gasteiger charge is -2.19. The Hall–Kier alpha value is -0.800. The van der Waals surface area contributed by atoms with Crippen LogP contribution in [-0.4, -0.2) is 24.0 Å². The van der Waals surface area contributed by atoms with Gasteiger partial charge in [0.1, 0.15) is 11.5 Å². The SMILES string of the molecule is CCNCc1ccc(CN2CCCC2C)o1. The number of nitrogens with one attached hydrogen (secondary N) is 1. The zero-order valence-corrected chi connectivity index (χ0v) is 10.3. The molecule has 1 aliphatic heterocycles. The van der Waals surface area contributed by atoms with Gasteiger partial charge in [0.25, 0.3) is 0 Å². The molecule has 1 atom stereocenters. The van der Waals surface area contributed by atoms with E-state index in [9.17, 15) is 0 Å². The highest BCUT2D eigenvalue weighted by atomic mass is 16.3. The summed E-state index contributed by atoms with van der Waals surface area (Å²) in [7, 11) is 0. The van der Waals surface area contributed by atoms with Gasteiger partial charge in [0.2, 0.25) is 0 Å². The van der Waals surface area contributed by atoms with Crippen LogP contribution in [0.15, 0.2) is 16.5 Å². The maximum absolute atomic E-state index is 5.79. The number of hydrogen-bond acceptors (Lipinski definition) is 3. The van der Waals surface area contributed by atoms with Crippen LogP contribution in [0.1, 0.15) is 38.2 Å². The predicted molar refractivity (Wildman–Crippen MR) is 65.2 cm³/mol. The molecule has 0 bridgehead atoms. The van der Waals surface area contributed by atoms with Crippen LogP contribution in [0, 0.1) is 0 Å². The highest BCUT2D eigenvalue weighted by Gasteiger charge is 2.21. The second-order valence-corrected chi connectivity index (χ2v) is 4.61. The van der Waals surface area contributed by atoms with Gasteiger partial charge in [-0.1, -0.05) is 6.92 Å². The lowest BCUT2D eigenvalue weighted by atomic mass is 10.2. The summed E-state index contributed by atoms with van der Waals surface area (Å²) in [5.41, 5.74) is 0. The highest BCUT2D eigenvalue weighted by Crippen LogP contribution is 2.20. The molecule has 1 aliphatic rings. The van der Waals surface area contributed by atoms with Crippen LogP contribution in [0.2, 0.25) is 0 Å². The molecule has 2 heterocycles. The predicted octanol–water partition coefficient (Wildman–Crippen LogP) is 2.37. The van der Waals surface area contributed by atoms with Crippen molar-refractivity contribution in [3.63, 3.8) is 0 Å². The monoisotopic (exact) mass is 222 g/mol. The number of rotatable bonds is 5. The Morgan fingerprint density at radius 2 is 2.25 bits per heavy atom. The van der Waals surface area contributed by atoms with Gasteiger partial charge in [-0.15, -0.1) is 0 Å². The molecule has 0 saturated carbocycles. The molecule has 1 N–H and O–H groups in total. The van der Waals surface area contributed by atoms with Crippen molar-refractivity contribution in [2.75, 3.05) is 13.1 Å². The smallest absolute Gasteiger partial charge is 0.118 e. The van der Waals surface area contributed by atoms with E-state index in [4.69, 9.17) is 4.42 Å². The van der Waals surface area contributed by atoms with Crippen molar-refractivity contribution < 1.29 is 4.42 Å². The summed E-state index contributed by atoms with van der Waals surface area (Å²) in [6.07, 6.45) is 2.65. The fourth-order valence-electron chi connectivity index (χ4n) is 2.28. The van der Waals surface area contributed by atoms with Crippen molar-refractivity contribution in [1.82, 2.24) is 10.2 Å². The molecule has 0 aromatic carbocycles. The Morgan fingerprint density at radius 3 is 2.94 bits per heavy atom. The average molecular weight is 222 g/mol. The zero-order chi connectivity index (χ0) is 11.4. The molecule has 1 saturated heterocycles. The maximum Gasteiger partial charge on any atom is 0.118 e. The second-order valence-electron chi connectivity index (χ2n) is 4.61. The number of likely N-dealkylation sites (tertiary alicyclic amines) is 1. The van der Waals surface area contributed by atoms with E-state index in [1.807, 2.05) is 0 Å². The molecule has 1 aromatic rings. The summed E-state index contributed by atoms with van der Waals surface area (Å²) in [5.74, 6) is 2.14. The largest absolute Gasteiger partial charge is 0.463 e. The van der Waals surface area contributed by atoms with Crippen LogP contribution >= 0.6 is 0 Å². The van der Waals surface area contributed by atoms with E-state index in [1.165, 1.54) is 19.4 Å². The lowest BCUT2D eigenvalue weighted by Crippen LogP contribution is -2.25. The first kappa shape index (κ1) is 11.7. The van der Waals surface area contributed by atoms with Gasteiger partial charge in [-0.05, 0) is 45.0 Å². The van der Waals surface area contributed by atoms with Crippen LogP contribution < -0.4 is 5.32 Å². The molecule has 3 heteroatoms. The van der Waals surface area contributed by atoms with Crippen molar-refractivity contribution in [3.05, 3.63) is 23.7 Å². The maximum atomic E-state index is 5.79. The van der Waals surface area contributed by atoms with E-state index in [2.05, 4.69) is 36.2 Å². The first-order valence-corrected chi connectivity index (χ1v) is 6.32. The topological polar surface area (TPSA) is 28.4 Å². The van der Waals surface area contributed by atoms with Crippen LogP contribution in [0.5, 0.6) is 0 Å². The molecule has 1 unspecified atom stereocenters. The molecule has 0 aliphatic carbocycles. The molecule has 2 rings (SSSR count). The molecule has 0 spiro atoms. The van der Waals surface area contributed by atoms with Gasteiger partial charge in [0, 0.05) is 6.04 Å². The van der Waals surface area contributed by atoms with E-state index in [0.717, 1.165) is 31.2 Å². The highest BCUT2D eigenvalue weighted by molar-refractivity contribution is 5.07. The van der Waals surface area contributed by atoms with Gasteiger partial charge in [-0.3, -0.25) is 4.90 Å². The minimum absolute atomic E-state index is 0.710. The Balaban J connectivity index is 1.87. The Kier molecular flexibility index (Phi) is 4.02. The van der Waals surface area contributed by atoms with Gasteiger partial charge in [-0.2, -0.15) is 0 Å². The van der Waals surface area contributed by atoms with Gasteiger partial charge in [-0.25, -0.2) is 0 Å². The summed E-state index contributed by atoms with van der Waals surface area (Å²) in [6.45, 7) is 8.41. The molecule has 1 aromatic heterocycles. The minimum Gasteiger partial charge on any atom is -0.463 e. The first-order valence-electron chi connectivity index (χ1n) is 6.32. The third-order valence-electron chi connectivity index (χ3n) is 3.32. The molecule has 0 amide bonds. The average Bonchev–Trinajstić information content (AvgIpc) is 2.87.